The maximum absolute atomic E-state index is 13.0. The number of aryl methyl sites for hydroxylation is 2. The zero-order valence-electron chi connectivity index (χ0n) is 10.9. The second kappa shape index (κ2) is 5.68. The van der Waals surface area contributed by atoms with E-state index in [9.17, 15) is 12.8 Å². The van der Waals surface area contributed by atoms with Crippen LogP contribution in [0.15, 0.2) is 29.4 Å². The number of anilines is 1. The first-order chi connectivity index (χ1) is 9.33. The standard InChI is InChI=1S/C12H13FIN3O2S/c1-3-17-7-12(15-8(17)2)20(18,19)16-11-5-4-9(13)6-10(11)14/h4-7,16H,3H2,1-2H3. The largest absolute Gasteiger partial charge is 0.334 e. The average Bonchev–Trinajstić information content (AvgIpc) is 2.75. The third-order valence-electron chi connectivity index (χ3n) is 2.75. The Morgan fingerprint density at radius 2 is 2.15 bits per heavy atom. The molecule has 0 unspecified atom stereocenters. The van der Waals surface area contributed by atoms with Crippen molar-refractivity contribution in [2.24, 2.45) is 0 Å². The fourth-order valence-corrected chi connectivity index (χ4v) is 3.58. The summed E-state index contributed by atoms with van der Waals surface area (Å²) < 4.78 is 42.1. The molecule has 0 radical (unpaired) electrons. The minimum absolute atomic E-state index is 0.0445. The molecule has 0 bridgehead atoms. The lowest BCUT2D eigenvalue weighted by Gasteiger charge is -2.07. The van der Waals surface area contributed by atoms with Crippen molar-refractivity contribution in [3.8, 4) is 0 Å². The van der Waals surface area contributed by atoms with Gasteiger partial charge in [0.1, 0.15) is 11.6 Å². The Labute approximate surface area is 130 Å². The maximum atomic E-state index is 13.0. The molecule has 1 N–H and O–H groups in total. The summed E-state index contributed by atoms with van der Waals surface area (Å²) in [5, 5.41) is -0.0445. The molecule has 0 saturated carbocycles. The van der Waals surface area contributed by atoms with Crippen LogP contribution in [0.4, 0.5) is 10.1 Å². The summed E-state index contributed by atoms with van der Waals surface area (Å²) in [7, 11) is -3.77. The summed E-state index contributed by atoms with van der Waals surface area (Å²) in [5.74, 6) is 0.213. The summed E-state index contributed by atoms with van der Waals surface area (Å²) >= 11 is 1.87. The van der Waals surface area contributed by atoms with Crippen LogP contribution in [0.1, 0.15) is 12.7 Å². The van der Waals surface area contributed by atoms with Gasteiger partial charge in [0.15, 0.2) is 5.03 Å². The molecule has 0 spiro atoms. The van der Waals surface area contributed by atoms with Crippen molar-refractivity contribution in [3.05, 3.63) is 39.6 Å². The van der Waals surface area contributed by atoms with E-state index in [1.165, 1.54) is 24.4 Å². The van der Waals surface area contributed by atoms with Gasteiger partial charge in [0, 0.05) is 16.3 Å². The van der Waals surface area contributed by atoms with Gasteiger partial charge < -0.3 is 4.57 Å². The van der Waals surface area contributed by atoms with Crippen molar-refractivity contribution in [3.63, 3.8) is 0 Å². The van der Waals surface area contributed by atoms with Gasteiger partial charge in [0.2, 0.25) is 0 Å². The number of hydrogen-bond acceptors (Lipinski definition) is 3. The number of nitrogens with zero attached hydrogens (tertiary/aromatic N) is 2. The third-order valence-corrected chi connectivity index (χ3v) is 4.87. The van der Waals surface area contributed by atoms with E-state index in [4.69, 9.17) is 0 Å². The van der Waals surface area contributed by atoms with Crippen molar-refractivity contribution in [1.82, 2.24) is 9.55 Å². The molecule has 1 heterocycles. The lowest BCUT2D eigenvalue weighted by atomic mass is 10.3. The Bertz CT molecular complexity index is 743. The van der Waals surface area contributed by atoms with Crippen LogP contribution in [-0.2, 0) is 16.6 Å². The first kappa shape index (κ1) is 15.2. The minimum Gasteiger partial charge on any atom is -0.334 e. The quantitative estimate of drug-likeness (QED) is 0.791. The molecule has 2 rings (SSSR count). The van der Waals surface area contributed by atoms with E-state index in [-0.39, 0.29) is 5.03 Å². The van der Waals surface area contributed by atoms with Crippen molar-refractivity contribution >= 4 is 38.3 Å². The predicted molar refractivity (Wildman–Crippen MR) is 82.6 cm³/mol. The normalized spacial score (nSPS) is 11.6. The van der Waals surface area contributed by atoms with Crippen LogP contribution in [0.5, 0.6) is 0 Å². The molecule has 0 amide bonds. The Kier molecular flexibility index (Phi) is 4.33. The van der Waals surface area contributed by atoms with Gasteiger partial charge in [-0.15, -0.1) is 0 Å². The van der Waals surface area contributed by atoms with Gasteiger partial charge in [0.25, 0.3) is 10.0 Å². The van der Waals surface area contributed by atoms with E-state index < -0.39 is 15.8 Å². The van der Waals surface area contributed by atoms with Gasteiger partial charge in [-0.25, -0.2) is 9.37 Å². The highest BCUT2D eigenvalue weighted by Gasteiger charge is 2.20. The fraction of sp³-hybridized carbons (Fsp3) is 0.250. The molecule has 5 nitrogen and oxygen atoms in total. The minimum atomic E-state index is -3.77. The lowest BCUT2D eigenvalue weighted by molar-refractivity contribution is 0.597. The second-order valence-electron chi connectivity index (χ2n) is 4.14. The number of nitrogens with one attached hydrogen (secondary N) is 1. The zero-order chi connectivity index (χ0) is 14.9. The SMILES string of the molecule is CCn1cc(S(=O)(=O)Nc2ccc(F)cc2I)nc1C. The van der Waals surface area contributed by atoms with E-state index in [1.807, 2.05) is 29.5 Å². The number of imidazole rings is 1. The number of halogens is 2. The van der Waals surface area contributed by atoms with Gasteiger partial charge in [-0.2, -0.15) is 8.42 Å². The smallest absolute Gasteiger partial charge is 0.280 e. The van der Waals surface area contributed by atoms with Crippen LogP contribution < -0.4 is 4.72 Å². The molecule has 20 heavy (non-hydrogen) atoms. The molecule has 8 heteroatoms. The van der Waals surface area contributed by atoms with Gasteiger partial charge in [0.05, 0.1) is 5.69 Å². The van der Waals surface area contributed by atoms with Gasteiger partial charge >= 0.3 is 0 Å². The zero-order valence-corrected chi connectivity index (χ0v) is 13.9. The summed E-state index contributed by atoms with van der Waals surface area (Å²) in [6.45, 7) is 4.29. The number of sulfonamides is 1. The Morgan fingerprint density at radius 3 is 2.70 bits per heavy atom. The van der Waals surface area contributed by atoms with Crippen molar-refractivity contribution < 1.29 is 12.8 Å². The molecule has 1 aromatic carbocycles. The summed E-state index contributed by atoms with van der Waals surface area (Å²) in [5.41, 5.74) is 0.329. The molecular weight excluding hydrogens is 396 g/mol. The summed E-state index contributed by atoms with van der Waals surface area (Å²) in [6, 6.07) is 3.85. The van der Waals surface area contributed by atoms with Gasteiger partial charge in [-0.1, -0.05) is 0 Å². The van der Waals surface area contributed by atoms with E-state index in [1.54, 1.807) is 11.5 Å². The van der Waals surface area contributed by atoms with E-state index in [0.717, 1.165) is 0 Å². The van der Waals surface area contributed by atoms with Gasteiger partial charge in [-0.05, 0) is 54.6 Å². The highest BCUT2D eigenvalue weighted by Crippen LogP contribution is 2.22. The first-order valence-corrected chi connectivity index (χ1v) is 8.41. The van der Waals surface area contributed by atoms with E-state index >= 15 is 0 Å². The van der Waals surface area contributed by atoms with E-state index in [2.05, 4.69) is 9.71 Å². The molecule has 2 aromatic rings. The molecule has 0 atom stereocenters. The average molecular weight is 409 g/mol. The van der Waals surface area contributed by atoms with Crippen LogP contribution >= 0.6 is 22.6 Å². The number of rotatable bonds is 4. The first-order valence-electron chi connectivity index (χ1n) is 5.85. The topological polar surface area (TPSA) is 64.0 Å². The van der Waals surface area contributed by atoms with Crippen LogP contribution in [0, 0.1) is 16.3 Å². The van der Waals surface area contributed by atoms with Crippen LogP contribution in [0.3, 0.4) is 0 Å². The number of hydrogen-bond donors (Lipinski definition) is 1. The lowest BCUT2D eigenvalue weighted by Crippen LogP contribution is -2.14. The van der Waals surface area contributed by atoms with Crippen LogP contribution in [0.25, 0.3) is 0 Å². The fourth-order valence-electron chi connectivity index (χ4n) is 1.70. The summed E-state index contributed by atoms with van der Waals surface area (Å²) in [4.78, 5) is 4.03. The molecule has 0 fully saturated rings. The van der Waals surface area contributed by atoms with Crippen LogP contribution in [0.2, 0.25) is 0 Å². The Hall–Kier alpha value is -1.16. The van der Waals surface area contributed by atoms with Gasteiger partial charge in [-0.3, -0.25) is 4.72 Å². The highest BCUT2D eigenvalue weighted by atomic mass is 127. The molecule has 108 valence electrons. The summed E-state index contributed by atoms with van der Waals surface area (Å²) in [6.07, 6.45) is 1.48. The monoisotopic (exact) mass is 409 g/mol. The molecule has 0 aliphatic rings. The Balaban J connectivity index is 2.35. The van der Waals surface area contributed by atoms with Crippen LogP contribution in [-0.4, -0.2) is 18.0 Å². The predicted octanol–water partition coefficient (Wildman–Crippen LogP) is 2.76. The number of benzene rings is 1. The highest BCUT2D eigenvalue weighted by molar-refractivity contribution is 14.1. The van der Waals surface area contributed by atoms with Crippen molar-refractivity contribution in [2.75, 3.05) is 4.72 Å². The molecule has 0 aliphatic heterocycles. The van der Waals surface area contributed by atoms with Crippen molar-refractivity contribution in [1.29, 1.82) is 0 Å². The number of aromatic nitrogens is 2. The van der Waals surface area contributed by atoms with E-state index in [0.29, 0.717) is 21.6 Å². The third kappa shape index (κ3) is 3.11. The Morgan fingerprint density at radius 1 is 1.45 bits per heavy atom. The van der Waals surface area contributed by atoms with Crippen molar-refractivity contribution in [2.45, 2.75) is 25.4 Å². The molecular formula is C12H13FIN3O2S. The molecule has 0 saturated heterocycles. The second-order valence-corrected chi connectivity index (χ2v) is 6.93. The molecule has 0 aliphatic carbocycles. The maximum Gasteiger partial charge on any atom is 0.280 e. The molecule has 1 aromatic heterocycles.